The molecule has 0 aliphatic heterocycles. The van der Waals surface area contributed by atoms with Crippen LogP contribution in [0.15, 0.2) is 24.3 Å². The van der Waals surface area contributed by atoms with Gasteiger partial charge in [0.25, 0.3) is 0 Å². The SMILES string of the molecule is CCC(=O)OP(Oc1c(C(C)(C)C)cc(C(=O)OC)cc1C(C)(C)C)Oc1c(C(C)(C)C)cc(C(=O)OC)cc1C(C)(C)C. The van der Waals surface area contributed by atoms with Crippen LogP contribution < -0.4 is 9.05 Å². The van der Waals surface area contributed by atoms with Gasteiger partial charge in [0, 0.05) is 28.7 Å². The fourth-order valence-corrected chi connectivity index (χ4v) is 5.61. The third kappa shape index (κ3) is 8.97. The number of hydrogen-bond acceptors (Lipinski definition) is 8. The minimum atomic E-state index is -2.35. The number of carbonyl (C=O) groups excluding carboxylic acids is 3. The molecular weight excluding hydrogens is 579 g/mol. The molecule has 244 valence electrons. The van der Waals surface area contributed by atoms with Gasteiger partial charge < -0.3 is 23.0 Å². The number of benzene rings is 2. The Morgan fingerprint density at radius 1 is 0.568 bits per heavy atom. The van der Waals surface area contributed by atoms with E-state index in [1.165, 1.54) is 14.2 Å². The lowest BCUT2D eigenvalue weighted by Gasteiger charge is -2.33. The number of rotatable bonds is 8. The molecule has 44 heavy (non-hydrogen) atoms. The van der Waals surface area contributed by atoms with Gasteiger partial charge in [-0.05, 0) is 45.9 Å². The number of methoxy groups -OCH3 is 2. The van der Waals surface area contributed by atoms with Crippen molar-refractivity contribution in [3.63, 3.8) is 0 Å². The summed E-state index contributed by atoms with van der Waals surface area (Å²) in [5.41, 5.74) is 1.88. The van der Waals surface area contributed by atoms with Crippen molar-refractivity contribution in [2.75, 3.05) is 14.2 Å². The molecule has 2 rings (SSSR count). The van der Waals surface area contributed by atoms with Gasteiger partial charge in [0.1, 0.15) is 11.5 Å². The van der Waals surface area contributed by atoms with Crippen LogP contribution in [0.25, 0.3) is 0 Å². The van der Waals surface area contributed by atoms with E-state index in [1.807, 2.05) is 83.1 Å². The van der Waals surface area contributed by atoms with Crippen molar-refractivity contribution in [3.05, 3.63) is 57.6 Å². The predicted molar refractivity (Wildman–Crippen MR) is 175 cm³/mol. The first-order chi connectivity index (χ1) is 19.9. The Morgan fingerprint density at radius 2 is 0.841 bits per heavy atom. The molecule has 0 saturated carbocycles. The zero-order chi connectivity index (χ0) is 34.0. The van der Waals surface area contributed by atoms with Crippen LogP contribution in [0.1, 0.15) is 139 Å². The molecule has 0 unspecified atom stereocenters. The molecule has 9 heteroatoms. The highest BCUT2D eigenvalue weighted by molar-refractivity contribution is 7.43. The van der Waals surface area contributed by atoms with Gasteiger partial charge in [-0.25, -0.2) is 9.59 Å². The molecular formula is C35H51O8P. The van der Waals surface area contributed by atoms with E-state index in [0.29, 0.717) is 22.6 Å². The lowest BCUT2D eigenvalue weighted by atomic mass is 9.78. The lowest BCUT2D eigenvalue weighted by Crippen LogP contribution is -2.23. The molecule has 0 spiro atoms. The summed E-state index contributed by atoms with van der Waals surface area (Å²) in [5.74, 6) is -0.447. The van der Waals surface area contributed by atoms with E-state index in [0.717, 1.165) is 22.3 Å². The third-order valence-corrected chi connectivity index (χ3v) is 8.06. The quantitative estimate of drug-likeness (QED) is 0.210. The van der Waals surface area contributed by atoms with Crippen molar-refractivity contribution in [3.8, 4) is 11.5 Å². The van der Waals surface area contributed by atoms with Crippen LogP contribution in [0.4, 0.5) is 0 Å². The van der Waals surface area contributed by atoms with E-state index in [9.17, 15) is 14.4 Å². The molecule has 8 nitrogen and oxygen atoms in total. The van der Waals surface area contributed by atoms with E-state index < -0.39 is 48.2 Å². The highest BCUT2D eigenvalue weighted by atomic mass is 31.2. The van der Waals surface area contributed by atoms with Crippen molar-refractivity contribution in [2.45, 2.75) is 118 Å². The fourth-order valence-electron chi connectivity index (χ4n) is 4.51. The molecule has 0 aliphatic carbocycles. The summed E-state index contributed by atoms with van der Waals surface area (Å²) in [6.45, 7) is 25.9. The average molecular weight is 631 g/mol. The molecule has 0 saturated heterocycles. The molecule has 0 aromatic heterocycles. The lowest BCUT2D eigenvalue weighted by molar-refractivity contribution is -0.134. The van der Waals surface area contributed by atoms with E-state index in [-0.39, 0.29) is 6.42 Å². The molecule has 0 radical (unpaired) electrons. The van der Waals surface area contributed by atoms with Crippen LogP contribution in [0, 0.1) is 0 Å². The third-order valence-electron chi connectivity index (χ3n) is 7.05. The Bertz CT molecular complexity index is 1210. The van der Waals surface area contributed by atoms with Gasteiger partial charge in [-0.1, -0.05) is 90.0 Å². The molecule has 0 N–H and O–H groups in total. The first-order valence-corrected chi connectivity index (χ1v) is 16.0. The number of carbonyl (C=O) groups is 3. The zero-order valence-electron chi connectivity index (χ0n) is 29.2. The van der Waals surface area contributed by atoms with Gasteiger partial charge in [0.05, 0.1) is 25.3 Å². The maximum atomic E-state index is 12.8. The Morgan fingerprint density at radius 3 is 1.05 bits per heavy atom. The standard InChI is InChI=1S/C35H51O8P/c1-16-27(36)41-44(42-28-23(32(2,3)4)17-21(30(37)39-14)18-24(28)33(5,6)7)43-29-25(34(8,9)10)19-22(31(38)40-15)20-26(29)35(11,12)13/h17-20H,16H2,1-15H3. The Balaban J connectivity index is 2.95. The first kappa shape index (κ1) is 37.1. The molecule has 0 heterocycles. The van der Waals surface area contributed by atoms with Crippen molar-refractivity contribution in [1.82, 2.24) is 0 Å². The predicted octanol–water partition coefficient (Wildman–Crippen LogP) is 9.09. The average Bonchev–Trinajstić information content (AvgIpc) is 2.89. The van der Waals surface area contributed by atoms with Gasteiger partial charge >= 0.3 is 26.5 Å². The van der Waals surface area contributed by atoms with Crippen LogP contribution in [0.3, 0.4) is 0 Å². The second-order valence-electron chi connectivity index (χ2n) is 15.0. The summed E-state index contributed by atoms with van der Waals surface area (Å²) < 4.78 is 29.3. The van der Waals surface area contributed by atoms with Crippen LogP contribution in [-0.4, -0.2) is 32.1 Å². The number of esters is 2. The molecule has 0 atom stereocenters. The smallest absolute Gasteiger partial charge is 0.465 e. The number of hydrogen-bond donors (Lipinski definition) is 0. The molecule has 0 amide bonds. The van der Waals surface area contributed by atoms with E-state index in [1.54, 1.807) is 31.2 Å². The van der Waals surface area contributed by atoms with Crippen LogP contribution in [0.2, 0.25) is 0 Å². The Labute approximate surface area is 265 Å². The van der Waals surface area contributed by atoms with E-state index >= 15 is 0 Å². The van der Waals surface area contributed by atoms with Gasteiger partial charge in [0.15, 0.2) is 0 Å². The van der Waals surface area contributed by atoms with Crippen molar-refractivity contribution in [1.29, 1.82) is 0 Å². The summed E-state index contributed by atoms with van der Waals surface area (Å²) in [6.07, 6.45) is 0.116. The highest BCUT2D eigenvalue weighted by Gasteiger charge is 2.37. The van der Waals surface area contributed by atoms with E-state index in [2.05, 4.69) is 0 Å². The monoisotopic (exact) mass is 630 g/mol. The molecule has 0 bridgehead atoms. The molecule has 2 aromatic carbocycles. The maximum Gasteiger partial charge on any atom is 0.532 e. The van der Waals surface area contributed by atoms with Crippen LogP contribution in [0.5, 0.6) is 11.5 Å². The topological polar surface area (TPSA) is 97.4 Å². The summed E-state index contributed by atoms with van der Waals surface area (Å²) in [6, 6.07) is 7.05. The second-order valence-corrected chi connectivity index (χ2v) is 16.0. The van der Waals surface area contributed by atoms with Crippen LogP contribution in [-0.2, 0) is 40.5 Å². The van der Waals surface area contributed by atoms with E-state index in [4.69, 9.17) is 23.0 Å². The minimum Gasteiger partial charge on any atom is -0.465 e. The van der Waals surface area contributed by atoms with Crippen molar-refractivity contribution in [2.24, 2.45) is 0 Å². The first-order valence-electron chi connectivity index (χ1n) is 14.9. The van der Waals surface area contributed by atoms with Crippen molar-refractivity contribution >= 4 is 26.5 Å². The van der Waals surface area contributed by atoms with Gasteiger partial charge in [-0.3, -0.25) is 4.79 Å². The molecule has 2 aromatic rings. The summed E-state index contributed by atoms with van der Waals surface area (Å²) >= 11 is 0. The second kappa shape index (κ2) is 13.5. The summed E-state index contributed by atoms with van der Waals surface area (Å²) in [5, 5.41) is 0. The zero-order valence-corrected chi connectivity index (χ0v) is 30.1. The highest BCUT2D eigenvalue weighted by Crippen LogP contribution is 2.52. The maximum absolute atomic E-state index is 12.8. The normalized spacial score (nSPS) is 12.5. The molecule has 0 aliphatic rings. The molecule has 0 fully saturated rings. The minimum absolute atomic E-state index is 0.116. The van der Waals surface area contributed by atoms with Gasteiger partial charge in [-0.15, -0.1) is 0 Å². The summed E-state index contributed by atoms with van der Waals surface area (Å²) in [7, 11) is 0.349. The van der Waals surface area contributed by atoms with Gasteiger partial charge in [-0.2, -0.15) is 0 Å². The van der Waals surface area contributed by atoms with Crippen molar-refractivity contribution < 1.29 is 37.4 Å². The van der Waals surface area contributed by atoms with Gasteiger partial charge in [0.2, 0.25) is 0 Å². The largest absolute Gasteiger partial charge is 0.532 e. The Hall–Kier alpha value is -3.12. The Kier molecular flexibility index (Phi) is 11.4. The number of ether oxygens (including phenoxy) is 2. The summed E-state index contributed by atoms with van der Waals surface area (Å²) in [4.78, 5) is 38.2. The fraction of sp³-hybridized carbons (Fsp3) is 0.571. The van der Waals surface area contributed by atoms with Crippen LogP contribution >= 0.6 is 8.60 Å².